The average Bonchev–Trinajstić information content (AvgIpc) is 3.59. The molecule has 2 N–H and O–H groups in total. The van der Waals surface area contributed by atoms with E-state index in [9.17, 15) is 4.79 Å². The van der Waals surface area contributed by atoms with E-state index in [0.717, 1.165) is 28.7 Å². The minimum atomic E-state index is 0.370. The van der Waals surface area contributed by atoms with Crippen LogP contribution < -0.4 is 10.5 Å². The molecule has 0 radical (unpaired) electrons. The first-order valence-corrected chi connectivity index (χ1v) is 9.84. The molecule has 0 saturated heterocycles. The number of hydrogen-bond donors (Lipinski definition) is 1. The standard InChI is InChI=1S/C25H25NO2/c26-16-18-4-3-6-22(12-18)24-14-19(13-23(15-24)20-8-9-20)17-28-25-7-2-1-5-21(25)10-11-27/h1-7,11-15,20H,8-10,16-17,26H2. The van der Waals surface area contributed by atoms with Gasteiger partial charge in [0.25, 0.3) is 0 Å². The summed E-state index contributed by atoms with van der Waals surface area (Å²) in [6, 6.07) is 22.9. The highest BCUT2D eigenvalue weighted by molar-refractivity contribution is 5.66. The third-order valence-corrected chi connectivity index (χ3v) is 5.23. The van der Waals surface area contributed by atoms with Crippen LogP contribution in [0.1, 0.15) is 41.0 Å². The van der Waals surface area contributed by atoms with Crippen LogP contribution in [0.25, 0.3) is 11.1 Å². The van der Waals surface area contributed by atoms with E-state index < -0.39 is 0 Å². The Bertz CT molecular complexity index is 976. The lowest BCUT2D eigenvalue weighted by Gasteiger charge is -2.13. The van der Waals surface area contributed by atoms with Gasteiger partial charge in [0, 0.05) is 18.5 Å². The van der Waals surface area contributed by atoms with Crippen molar-refractivity contribution < 1.29 is 9.53 Å². The normalized spacial score (nSPS) is 13.3. The number of carbonyl (C=O) groups excluding carboxylic acids is 1. The third kappa shape index (κ3) is 4.32. The van der Waals surface area contributed by atoms with Gasteiger partial charge >= 0.3 is 0 Å². The van der Waals surface area contributed by atoms with Crippen LogP contribution in [0.15, 0.2) is 66.7 Å². The lowest BCUT2D eigenvalue weighted by molar-refractivity contribution is -0.107. The number of para-hydroxylation sites is 1. The summed E-state index contributed by atoms with van der Waals surface area (Å²) in [6.07, 6.45) is 3.80. The Morgan fingerprint density at radius 1 is 0.929 bits per heavy atom. The minimum Gasteiger partial charge on any atom is -0.489 e. The Kier molecular flexibility index (Phi) is 5.54. The van der Waals surface area contributed by atoms with Crippen molar-refractivity contribution in [2.45, 2.75) is 38.3 Å². The predicted octanol–water partition coefficient (Wildman–Crippen LogP) is 5.01. The van der Waals surface area contributed by atoms with Gasteiger partial charge in [-0.1, -0.05) is 48.5 Å². The molecule has 3 nitrogen and oxygen atoms in total. The monoisotopic (exact) mass is 371 g/mol. The van der Waals surface area contributed by atoms with Crippen LogP contribution in [-0.2, 0) is 24.4 Å². The summed E-state index contributed by atoms with van der Waals surface area (Å²) in [7, 11) is 0. The first-order valence-electron chi connectivity index (χ1n) is 9.84. The van der Waals surface area contributed by atoms with Crippen LogP contribution in [-0.4, -0.2) is 6.29 Å². The summed E-state index contributed by atoms with van der Waals surface area (Å²) in [5.74, 6) is 1.44. The summed E-state index contributed by atoms with van der Waals surface area (Å²) < 4.78 is 6.09. The van der Waals surface area contributed by atoms with Gasteiger partial charge < -0.3 is 15.3 Å². The highest BCUT2D eigenvalue weighted by atomic mass is 16.5. The summed E-state index contributed by atoms with van der Waals surface area (Å²) in [5.41, 5.74) is 12.8. The maximum atomic E-state index is 10.9. The van der Waals surface area contributed by atoms with Crippen molar-refractivity contribution in [1.29, 1.82) is 0 Å². The Morgan fingerprint density at radius 2 is 1.75 bits per heavy atom. The van der Waals surface area contributed by atoms with Gasteiger partial charge in [-0.2, -0.15) is 0 Å². The van der Waals surface area contributed by atoms with Gasteiger partial charge in [-0.25, -0.2) is 0 Å². The lowest BCUT2D eigenvalue weighted by atomic mass is 9.97. The second kappa shape index (κ2) is 8.41. The van der Waals surface area contributed by atoms with Crippen LogP contribution in [0.3, 0.4) is 0 Å². The van der Waals surface area contributed by atoms with Crippen molar-refractivity contribution in [1.82, 2.24) is 0 Å². The molecular weight excluding hydrogens is 346 g/mol. The predicted molar refractivity (Wildman–Crippen MR) is 112 cm³/mol. The quantitative estimate of drug-likeness (QED) is 0.566. The highest BCUT2D eigenvalue weighted by Gasteiger charge is 2.24. The third-order valence-electron chi connectivity index (χ3n) is 5.23. The molecule has 0 aliphatic heterocycles. The average molecular weight is 371 g/mol. The van der Waals surface area contributed by atoms with Gasteiger partial charge in [0.1, 0.15) is 18.6 Å². The number of rotatable bonds is 8. The molecule has 1 fully saturated rings. The molecule has 0 spiro atoms. The molecule has 1 saturated carbocycles. The smallest absolute Gasteiger partial charge is 0.124 e. The minimum absolute atomic E-state index is 0.370. The van der Waals surface area contributed by atoms with Gasteiger partial charge in [0.15, 0.2) is 0 Å². The van der Waals surface area contributed by atoms with Gasteiger partial charge in [-0.3, -0.25) is 0 Å². The van der Waals surface area contributed by atoms with Gasteiger partial charge in [0.05, 0.1) is 0 Å². The molecule has 3 heteroatoms. The van der Waals surface area contributed by atoms with Crippen LogP contribution in [0.5, 0.6) is 5.75 Å². The van der Waals surface area contributed by atoms with Crippen LogP contribution in [0.4, 0.5) is 0 Å². The molecule has 1 aliphatic carbocycles. The molecule has 3 aromatic rings. The van der Waals surface area contributed by atoms with Crippen molar-refractivity contribution in [3.8, 4) is 16.9 Å². The van der Waals surface area contributed by atoms with Gasteiger partial charge in [-0.05, 0) is 64.8 Å². The Morgan fingerprint density at radius 3 is 2.54 bits per heavy atom. The maximum absolute atomic E-state index is 10.9. The molecular formula is C25H25NO2. The van der Waals surface area contributed by atoms with Crippen molar-refractivity contribution in [2.75, 3.05) is 0 Å². The second-order valence-corrected chi connectivity index (χ2v) is 7.41. The fourth-order valence-electron chi connectivity index (χ4n) is 3.56. The van der Waals surface area contributed by atoms with Crippen LogP contribution in [0.2, 0.25) is 0 Å². The van der Waals surface area contributed by atoms with E-state index in [-0.39, 0.29) is 0 Å². The molecule has 0 atom stereocenters. The number of ether oxygens (including phenoxy) is 1. The largest absolute Gasteiger partial charge is 0.489 e. The fraction of sp³-hybridized carbons (Fsp3) is 0.240. The molecule has 28 heavy (non-hydrogen) atoms. The zero-order chi connectivity index (χ0) is 19.3. The molecule has 0 bridgehead atoms. The maximum Gasteiger partial charge on any atom is 0.124 e. The Hall–Kier alpha value is -2.91. The van der Waals surface area contributed by atoms with E-state index in [1.807, 2.05) is 24.3 Å². The number of aldehydes is 1. The first kappa shape index (κ1) is 18.5. The summed E-state index contributed by atoms with van der Waals surface area (Å²) in [4.78, 5) is 10.9. The number of hydrogen-bond acceptors (Lipinski definition) is 3. The van der Waals surface area contributed by atoms with E-state index in [1.165, 1.54) is 29.5 Å². The molecule has 4 rings (SSSR count). The van der Waals surface area contributed by atoms with Crippen molar-refractivity contribution >= 4 is 6.29 Å². The second-order valence-electron chi connectivity index (χ2n) is 7.41. The molecule has 0 unspecified atom stereocenters. The topological polar surface area (TPSA) is 52.3 Å². The van der Waals surface area contributed by atoms with E-state index >= 15 is 0 Å². The Balaban J connectivity index is 1.62. The Labute approximate surface area is 166 Å². The van der Waals surface area contributed by atoms with Crippen LogP contribution >= 0.6 is 0 Å². The van der Waals surface area contributed by atoms with Gasteiger partial charge in [-0.15, -0.1) is 0 Å². The molecule has 1 aliphatic rings. The summed E-state index contributed by atoms with van der Waals surface area (Å²) in [6.45, 7) is 1.03. The molecule has 0 aromatic heterocycles. The van der Waals surface area contributed by atoms with E-state index in [4.69, 9.17) is 10.5 Å². The summed E-state index contributed by atoms with van der Waals surface area (Å²) in [5, 5.41) is 0. The van der Waals surface area contributed by atoms with E-state index in [1.54, 1.807) is 0 Å². The molecule has 3 aromatic carbocycles. The zero-order valence-electron chi connectivity index (χ0n) is 15.9. The fourth-order valence-corrected chi connectivity index (χ4v) is 3.56. The number of nitrogens with two attached hydrogens (primary N) is 1. The van der Waals surface area contributed by atoms with Crippen LogP contribution in [0, 0.1) is 0 Å². The number of carbonyl (C=O) groups is 1. The number of benzene rings is 3. The van der Waals surface area contributed by atoms with E-state index in [0.29, 0.717) is 25.5 Å². The van der Waals surface area contributed by atoms with Gasteiger partial charge in [0.2, 0.25) is 0 Å². The zero-order valence-corrected chi connectivity index (χ0v) is 15.9. The lowest BCUT2D eigenvalue weighted by Crippen LogP contribution is -2.01. The summed E-state index contributed by atoms with van der Waals surface area (Å²) >= 11 is 0. The molecule has 142 valence electrons. The van der Waals surface area contributed by atoms with Crippen molar-refractivity contribution in [3.63, 3.8) is 0 Å². The highest BCUT2D eigenvalue weighted by Crippen LogP contribution is 2.42. The molecule has 0 amide bonds. The van der Waals surface area contributed by atoms with Crippen molar-refractivity contribution in [2.24, 2.45) is 5.73 Å². The van der Waals surface area contributed by atoms with E-state index in [2.05, 4.69) is 42.5 Å². The molecule has 0 heterocycles. The first-order chi connectivity index (χ1) is 13.8. The SMILES string of the molecule is NCc1cccc(-c2cc(COc3ccccc3CC=O)cc(C3CC3)c2)c1. The van der Waals surface area contributed by atoms with Crippen molar-refractivity contribution in [3.05, 3.63) is 89.0 Å².